The van der Waals surface area contributed by atoms with Crippen molar-refractivity contribution in [1.29, 1.82) is 0 Å². The Hall–Kier alpha value is -2.22. The number of rotatable bonds is 3. The molecule has 23 heavy (non-hydrogen) atoms. The zero-order valence-corrected chi connectivity index (χ0v) is 13.6. The van der Waals surface area contributed by atoms with Gasteiger partial charge in [0.25, 0.3) is 0 Å². The summed E-state index contributed by atoms with van der Waals surface area (Å²) in [6.45, 7) is 3.52. The van der Waals surface area contributed by atoms with Crippen molar-refractivity contribution in [3.63, 3.8) is 0 Å². The molecule has 0 atom stereocenters. The van der Waals surface area contributed by atoms with Gasteiger partial charge in [-0.05, 0) is 48.7 Å². The topological polar surface area (TPSA) is 6.48 Å². The maximum atomic E-state index is 2.65. The molecule has 2 aromatic rings. The van der Waals surface area contributed by atoms with Crippen molar-refractivity contribution < 1.29 is 0 Å². The zero-order chi connectivity index (χ0) is 15.5. The quantitative estimate of drug-likeness (QED) is 0.839. The Morgan fingerprint density at radius 2 is 1.57 bits per heavy atom. The van der Waals surface area contributed by atoms with Crippen molar-refractivity contribution in [2.75, 3.05) is 24.5 Å². The summed E-state index contributed by atoms with van der Waals surface area (Å²) in [4.78, 5) is 5.11. The Labute approximate surface area is 139 Å². The third kappa shape index (κ3) is 3.12. The number of anilines is 1. The second-order valence-corrected chi connectivity index (χ2v) is 6.57. The highest BCUT2D eigenvalue weighted by Crippen LogP contribution is 2.32. The van der Waals surface area contributed by atoms with Gasteiger partial charge in [0.1, 0.15) is 0 Å². The smallest absolute Gasteiger partial charge is 0.0402 e. The van der Waals surface area contributed by atoms with Gasteiger partial charge in [-0.3, -0.25) is 0 Å². The molecule has 4 rings (SSSR count). The van der Waals surface area contributed by atoms with Crippen LogP contribution < -0.4 is 4.90 Å². The number of benzene rings is 2. The van der Waals surface area contributed by atoms with Crippen LogP contribution in [0.3, 0.4) is 0 Å². The van der Waals surface area contributed by atoms with Crippen molar-refractivity contribution >= 4 is 11.8 Å². The lowest BCUT2D eigenvalue weighted by molar-refractivity contribution is 0.280. The van der Waals surface area contributed by atoms with E-state index in [0.717, 1.165) is 13.1 Å². The second kappa shape index (κ2) is 6.49. The van der Waals surface area contributed by atoms with Crippen LogP contribution in [0.15, 0.2) is 60.8 Å². The highest BCUT2D eigenvalue weighted by molar-refractivity contribution is 5.58. The largest absolute Gasteiger partial charge is 0.377 e. The van der Waals surface area contributed by atoms with Crippen LogP contribution in [-0.4, -0.2) is 30.6 Å². The fourth-order valence-electron chi connectivity index (χ4n) is 3.85. The zero-order valence-electron chi connectivity index (χ0n) is 13.6. The first-order valence-electron chi connectivity index (χ1n) is 8.72. The second-order valence-electron chi connectivity index (χ2n) is 6.57. The molecule has 0 unspecified atom stereocenters. The lowest BCUT2D eigenvalue weighted by Crippen LogP contribution is -2.42. The average molecular weight is 304 g/mol. The molecule has 118 valence electrons. The van der Waals surface area contributed by atoms with Gasteiger partial charge >= 0.3 is 0 Å². The SMILES string of the molecule is C(=CN1CCC(N2CCc3ccccc32)CC1)c1ccccc1. The van der Waals surface area contributed by atoms with Crippen LogP contribution in [0.25, 0.3) is 6.08 Å². The van der Waals surface area contributed by atoms with Crippen LogP contribution in [0.2, 0.25) is 0 Å². The minimum atomic E-state index is 0.708. The summed E-state index contributed by atoms with van der Waals surface area (Å²) in [7, 11) is 0. The molecule has 0 bridgehead atoms. The van der Waals surface area contributed by atoms with E-state index in [2.05, 4.69) is 76.7 Å². The van der Waals surface area contributed by atoms with E-state index in [-0.39, 0.29) is 0 Å². The number of fused-ring (bicyclic) bond motifs is 1. The number of nitrogens with zero attached hydrogens (tertiary/aromatic N) is 2. The van der Waals surface area contributed by atoms with E-state index in [1.807, 2.05) is 0 Å². The van der Waals surface area contributed by atoms with Crippen LogP contribution >= 0.6 is 0 Å². The summed E-state index contributed by atoms with van der Waals surface area (Å²) >= 11 is 0. The fourth-order valence-corrected chi connectivity index (χ4v) is 3.85. The van der Waals surface area contributed by atoms with Gasteiger partial charge in [0.15, 0.2) is 0 Å². The Balaban J connectivity index is 1.36. The van der Waals surface area contributed by atoms with Crippen LogP contribution in [0.5, 0.6) is 0 Å². The van der Waals surface area contributed by atoms with E-state index in [1.54, 1.807) is 0 Å². The molecule has 2 heteroatoms. The molecule has 2 aliphatic heterocycles. The standard InChI is InChI=1S/C21H24N2/c1-2-6-18(7-3-1)10-14-22-15-12-20(13-16-22)23-17-11-19-8-4-5-9-21(19)23/h1-10,14,20H,11-13,15-17H2. The number of para-hydroxylation sites is 1. The average Bonchev–Trinajstić information content (AvgIpc) is 3.05. The number of hydrogen-bond acceptors (Lipinski definition) is 2. The van der Waals surface area contributed by atoms with Crippen molar-refractivity contribution in [3.8, 4) is 0 Å². The Kier molecular flexibility index (Phi) is 4.06. The molecule has 2 nitrogen and oxygen atoms in total. The van der Waals surface area contributed by atoms with E-state index in [0.29, 0.717) is 6.04 Å². The van der Waals surface area contributed by atoms with Gasteiger partial charge in [-0.25, -0.2) is 0 Å². The molecule has 0 N–H and O–H groups in total. The van der Waals surface area contributed by atoms with Crippen LogP contribution in [0.4, 0.5) is 5.69 Å². The van der Waals surface area contributed by atoms with Gasteiger partial charge < -0.3 is 9.80 Å². The van der Waals surface area contributed by atoms with Gasteiger partial charge in [-0.2, -0.15) is 0 Å². The van der Waals surface area contributed by atoms with Crippen LogP contribution in [0.1, 0.15) is 24.0 Å². The molecular weight excluding hydrogens is 280 g/mol. The highest BCUT2D eigenvalue weighted by Gasteiger charge is 2.28. The summed E-state index contributed by atoms with van der Waals surface area (Å²) < 4.78 is 0. The van der Waals surface area contributed by atoms with Gasteiger partial charge in [-0.1, -0.05) is 48.5 Å². The lowest BCUT2D eigenvalue weighted by Gasteiger charge is -2.37. The molecule has 0 radical (unpaired) electrons. The predicted octanol–water partition coefficient (Wildman–Crippen LogP) is 4.18. The monoisotopic (exact) mass is 304 g/mol. The molecule has 2 aliphatic rings. The molecular formula is C21H24N2. The van der Waals surface area contributed by atoms with Crippen molar-refractivity contribution in [2.45, 2.75) is 25.3 Å². The highest BCUT2D eigenvalue weighted by atomic mass is 15.2. The molecule has 1 saturated heterocycles. The molecule has 1 fully saturated rings. The molecule has 2 aromatic carbocycles. The van der Waals surface area contributed by atoms with Crippen LogP contribution in [-0.2, 0) is 6.42 Å². The van der Waals surface area contributed by atoms with E-state index in [1.165, 1.54) is 42.6 Å². The third-order valence-corrected chi connectivity index (χ3v) is 5.14. The summed E-state index contributed by atoms with van der Waals surface area (Å²) in [5.74, 6) is 0. The van der Waals surface area contributed by atoms with Gasteiger partial charge in [0.05, 0.1) is 0 Å². The Morgan fingerprint density at radius 1 is 0.826 bits per heavy atom. The number of hydrogen-bond donors (Lipinski definition) is 0. The predicted molar refractivity (Wildman–Crippen MR) is 97.6 cm³/mol. The van der Waals surface area contributed by atoms with Crippen molar-refractivity contribution in [3.05, 3.63) is 71.9 Å². The summed E-state index contributed by atoms with van der Waals surface area (Å²) in [5.41, 5.74) is 4.28. The molecule has 2 heterocycles. The Bertz CT molecular complexity index is 669. The number of piperidine rings is 1. The van der Waals surface area contributed by atoms with Gasteiger partial charge in [0.2, 0.25) is 0 Å². The molecule has 0 spiro atoms. The lowest BCUT2D eigenvalue weighted by atomic mass is 10.0. The third-order valence-electron chi connectivity index (χ3n) is 5.14. The van der Waals surface area contributed by atoms with Gasteiger partial charge in [-0.15, -0.1) is 0 Å². The maximum Gasteiger partial charge on any atom is 0.0402 e. The van der Waals surface area contributed by atoms with E-state index < -0.39 is 0 Å². The van der Waals surface area contributed by atoms with Crippen molar-refractivity contribution in [1.82, 2.24) is 4.90 Å². The molecule has 0 saturated carbocycles. The summed E-state index contributed by atoms with van der Waals surface area (Å²) in [5, 5.41) is 0. The van der Waals surface area contributed by atoms with Crippen molar-refractivity contribution in [2.24, 2.45) is 0 Å². The normalized spacial score (nSPS) is 18.6. The molecule has 0 aromatic heterocycles. The van der Waals surface area contributed by atoms with Crippen LogP contribution in [0, 0.1) is 0 Å². The summed E-state index contributed by atoms with van der Waals surface area (Å²) in [6, 6.07) is 20.2. The minimum Gasteiger partial charge on any atom is -0.377 e. The van der Waals surface area contributed by atoms with Gasteiger partial charge in [0, 0.05) is 31.4 Å². The molecule has 0 amide bonds. The molecule has 0 aliphatic carbocycles. The first-order chi connectivity index (χ1) is 11.4. The number of likely N-dealkylation sites (tertiary alicyclic amines) is 1. The van der Waals surface area contributed by atoms with E-state index in [9.17, 15) is 0 Å². The Morgan fingerprint density at radius 3 is 2.39 bits per heavy atom. The summed E-state index contributed by atoms with van der Waals surface area (Å²) in [6.07, 6.45) is 8.22. The maximum absolute atomic E-state index is 2.65. The fraction of sp³-hybridized carbons (Fsp3) is 0.333. The van der Waals surface area contributed by atoms with E-state index in [4.69, 9.17) is 0 Å². The minimum absolute atomic E-state index is 0.708. The first kappa shape index (κ1) is 14.4. The van der Waals surface area contributed by atoms with E-state index >= 15 is 0 Å². The first-order valence-corrected chi connectivity index (χ1v) is 8.72.